The van der Waals surface area contributed by atoms with E-state index in [2.05, 4.69) is 5.32 Å². The Morgan fingerprint density at radius 1 is 1.14 bits per heavy atom. The van der Waals surface area contributed by atoms with E-state index in [0.717, 1.165) is 11.3 Å². The van der Waals surface area contributed by atoms with Gasteiger partial charge in [-0.25, -0.2) is 0 Å². The fourth-order valence-corrected chi connectivity index (χ4v) is 2.54. The topological polar surface area (TPSA) is 34.4 Å². The van der Waals surface area contributed by atoms with Crippen LogP contribution in [0.1, 0.15) is 24.2 Å². The van der Waals surface area contributed by atoms with Crippen molar-refractivity contribution in [3.63, 3.8) is 0 Å². The van der Waals surface area contributed by atoms with Crippen molar-refractivity contribution in [2.24, 2.45) is 0 Å². The van der Waals surface area contributed by atoms with Gasteiger partial charge in [0.1, 0.15) is 18.1 Å². The molecule has 0 radical (unpaired) electrons. The fourth-order valence-electron chi connectivity index (χ4n) is 1.95. The van der Waals surface area contributed by atoms with Crippen molar-refractivity contribution < 1.29 is 9.15 Å². The van der Waals surface area contributed by atoms with E-state index in [1.54, 1.807) is 18.4 Å². The Morgan fingerprint density at radius 2 is 1.90 bits per heavy atom. The molecule has 0 amide bonds. The van der Waals surface area contributed by atoms with Gasteiger partial charge in [-0.3, -0.25) is 0 Å². The maximum Gasteiger partial charge on any atom is 0.139 e. The van der Waals surface area contributed by atoms with Gasteiger partial charge in [-0.1, -0.05) is 34.8 Å². The van der Waals surface area contributed by atoms with Crippen molar-refractivity contribution in [2.75, 3.05) is 0 Å². The number of hydrogen-bond donors (Lipinski definition) is 1. The average Bonchev–Trinajstić information content (AvgIpc) is 3.18. The number of nitrogens with one attached hydrogen (secondary N) is 1. The summed E-state index contributed by atoms with van der Waals surface area (Å²) >= 11 is 18.0. The van der Waals surface area contributed by atoms with E-state index in [1.807, 2.05) is 6.07 Å². The van der Waals surface area contributed by atoms with Crippen molar-refractivity contribution in [2.45, 2.75) is 32.0 Å². The Hall–Kier alpha value is -0.870. The highest BCUT2D eigenvalue weighted by molar-refractivity contribution is 6.43. The van der Waals surface area contributed by atoms with Gasteiger partial charge in [0.05, 0.1) is 27.9 Å². The third-order valence-electron chi connectivity index (χ3n) is 3.32. The van der Waals surface area contributed by atoms with Gasteiger partial charge in [-0.05, 0) is 25.0 Å². The third-order valence-corrected chi connectivity index (χ3v) is 4.34. The molecule has 0 atom stereocenters. The highest BCUT2D eigenvalue weighted by atomic mass is 35.5. The first-order valence-corrected chi connectivity index (χ1v) is 7.83. The summed E-state index contributed by atoms with van der Waals surface area (Å²) < 4.78 is 11.2. The molecule has 3 rings (SSSR count). The zero-order valence-corrected chi connectivity index (χ0v) is 13.4. The molecule has 1 N–H and O–H groups in total. The minimum absolute atomic E-state index is 0.371. The maximum absolute atomic E-state index is 6.09. The van der Waals surface area contributed by atoms with Crippen LogP contribution in [0.4, 0.5) is 0 Å². The van der Waals surface area contributed by atoms with E-state index in [4.69, 9.17) is 44.0 Å². The lowest BCUT2D eigenvalue weighted by Crippen LogP contribution is -2.16. The quantitative estimate of drug-likeness (QED) is 0.741. The molecule has 0 unspecified atom stereocenters. The molecule has 1 aliphatic carbocycles. The first-order valence-electron chi connectivity index (χ1n) is 6.69. The second kappa shape index (κ2) is 6.49. The Bertz CT molecular complexity index is 638. The standard InChI is InChI=1S/C15H14Cl3NO2/c16-11-5-13(18)14(6-12(11)17)21-8-9-3-4-20-15(9)7-19-10-1-2-10/h3-6,10,19H,1-2,7-8H2. The second-order valence-electron chi connectivity index (χ2n) is 5.01. The van der Waals surface area contributed by atoms with Crippen LogP contribution in [0.2, 0.25) is 15.1 Å². The minimum Gasteiger partial charge on any atom is -0.487 e. The summed E-state index contributed by atoms with van der Waals surface area (Å²) in [4.78, 5) is 0. The monoisotopic (exact) mass is 345 g/mol. The van der Waals surface area contributed by atoms with Gasteiger partial charge < -0.3 is 14.5 Å². The van der Waals surface area contributed by atoms with Crippen LogP contribution in [-0.4, -0.2) is 6.04 Å². The van der Waals surface area contributed by atoms with Crippen LogP contribution in [0.3, 0.4) is 0 Å². The molecule has 6 heteroatoms. The highest BCUT2D eigenvalue weighted by Crippen LogP contribution is 2.34. The van der Waals surface area contributed by atoms with Gasteiger partial charge in [0.2, 0.25) is 0 Å². The van der Waals surface area contributed by atoms with Gasteiger partial charge in [-0.2, -0.15) is 0 Å². The van der Waals surface area contributed by atoms with Crippen LogP contribution in [0.25, 0.3) is 0 Å². The summed E-state index contributed by atoms with van der Waals surface area (Å²) in [5.41, 5.74) is 0.991. The molecule has 1 heterocycles. The van der Waals surface area contributed by atoms with Gasteiger partial charge in [-0.15, -0.1) is 0 Å². The number of rotatable bonds is 6. The van der Waals surface area contributed by atoms with Crippen molar-refractivity contribution in [1.82, 2.24) is 5.32 Å². The summed E-state index contributed by atoms with van der Waals surface area (Å²) in [5.74, 6) is 1.39. The molecule has 1 aromatic carbocycles. The van der Waals surface area contributed by atoms with E-state index in [1.165, 1.54) is 12.8 Å². The summed E-state index contributed by atoms with van der Waals surface area (Å²) in [5, 5.41) is 4.67. The Kier molecular flexibility index (Phi) is 4.65. The van der Waals surface area contributed by atoms with E-state index in [-0.39, 0.29) is 0 Å². The third kappa shape index (κ3) is 3.86. The van der Waals surface area contributed by atoms with E-state index < -0.39 is 0 Å². The molecule has 1 aliphatic rings. The Labute approximate surface area is 138 Å². The number of hydrogen-bond acceptors (Lipinski definition) is 3. The lowest BCUT2D eigenvalue weighted by Gasteiger charge is -2.09. The molecule has 0 spiro atoms. The largest absolute Gasteiger partial charge is 0.487 e. The molecule has 0 bridgehead atoms. The van der Waals surface area contributed by atoms with Crippen molar-refractivity contribution in [3.05, 3.63) is 50.9 Å². The zero-order valence-electron chi connectivity index (χ0n) is 11.2. The van der Waals surface area contributed by atoms with Crippen LogP contribution in [0, 0.1) is 0 Å². The smallest absolute Gasteiger partial charge is 0.139 e. The molecule has 0 aliphatic heterocycles. The Balaban J connectivity index is 1.64. The molecular formula is C15H14Cl3NO2. The predicted octanol–water partition coefficient (Wildman–Crippen LogP) is 5.07. The number of halogens is 3. The highest BCUT2D eigenvalue weighted by Gasteiger charge is 2.21. The molecule has 112 valence electrons. The summed E-state index contributed by atoms with van der Waals surface area (Å²) in [6, 6.07) is 5.73. The molecule has 3 nitrogen and oxygen atoms in total. The molecule has 0 saturated heterocycles. The minimum atomic E-state index is 0.371. The normalized spacial score (nSPS) is 14.4. The maximum atomic E-state index is 6.09. The summed E-state index contributed by atoms with van der Waals surface area (Å²) in [6.45, 7) is 1.08. The lowest BCUT2D eigenvalue weighted by atomic mass is 10.2. The summed E-state index contributed by atoms with van der Waals surface area (Å²) in [6.07, 6.45) is 4.15. The predicted molar refractivity (Wildman–Crippen MR) is 84.4 cm³/mol. The van der Waals surface area contributed by atoms with Crippen molar-refractivity contribution in [1.29, 1.82) is 0 Å². The van der Waals surface area contributed by atoms with Gasteiger partial charge in [0.15, 0.2) is 0 Å². The van der Waals surface area contributed by atoms with Crippen molar-refractivity contribution >= 4 is 34.8 Å². The van der Waals surface area contributed by atoms with Gasteiger partial charge in [0.25, 0.3) is 0 Å². The van der Waals surface area contributed by atoms with E-state index in [0.29, 0.717) is 40.0 Å². The van der Waals surface area contributed by atoms with Crippen LogP contribution >= 0.6 is 34.8 Å². The molecule has 2 aromatic rings. The van der Waals surface area contributed by atoms with Crippen LogP contribution in [0.15, 0.2) is 28.9 Å². The second-order valence-corrected chi connectivity index (χ2v) is 6.23. The van der Waals surface area contributed by atoms with Gasteiger partial charge >= 0.3 is 0 Å². The Morgan fingerprint density at radius 3 is 2.67 bits per heavy atom. The first kappa shape index (κ1) is 15.0. The first-order chi connectivity index (χ1) is 10.1. The lowest BCUT2D eigenvalue weighted by molar-refractivity contribution is 0.301. The SMILES string of the molecule is Clc1cc(Cl)c(OCc2ccoc2CNC2CC2)cc1Cl. The average molecular weight is 347 g/mol. The summed E-state index contributed by atoms with van der Waals surface area (Å²) in [7, 11) is 0. The molecule has 1 aromatic heterocycles. The number of furan rings is 1. The van der Waals surface area contributed by atoms with Crippen molar-refractivity contribution in [3.8, 4) is 5.75 Å². The molecule has 1 fully saturated rings. The molecule has 21 heavy (non-hydrogen) atoms. The van der Waals surface area contributed by atoms with E-state index in [9.17, 15) is 0 Å². The number of ether oxygens (including phenoxy) is 1. The van der Waals surface area contributed by atoms with Gasteiger partial charge in [0, 0.05) is 17.7 Å². The van der Waals surface area contributed by atoms with Crippen LogP contribution in [0.5, 0.6) is 5.75 Å². The zero-order chi connectivity index (χ0) is 14.8. The fraction of sp³-hybridized carbons (Fsp3) is 0.333. The molecular weight excluding hydrogens is 333 g/mol. The molecule has 1 saturated carbocycles. The van der Waals surface area contributed by atoms with Crippen LogP contribution in [-0.2, 0) is 13.2 Å². The van der Waals surface area contributed by atoms with E-state index >= 15 is 0 Å². The van der Waals surface area contributed by atoms with Crippen LogP contribution < -0.4 is 10.1 Å². The number of benzene rings is 1.